The topological polar surface area (TPSA) is 91.0 Å². The lowest BCUT2D eigenvalue weighted by molar-refractivity contribution is 0.0527. The van der Waals surface area contributed by atoms with Gasteiger partial charge >= 0.3 is 5.97 Å². The van der Waals surface area contributed by atoms with Crippen LogP contribution in [0.15, 0.2) is 66.9 Å². The normalized spacial score (nSPS) is 10.7. The fraction of sp³-hybridized carbons (Fsp3) is 0.167. The lowest BCUT2D eigenvalue weighted by Gasteiger charge is -2.09. The summed E-state index contributed by atoms with van der Waals surface area (Å²) in [6.07, 6.45) is 1.38. The highest BCUT2D eigenvalue weighted by atomic mass is 16.5. The van der Waals surface area contributed by atoms with Crippen LogP contribution in [-0.4, -0.2) is 38.0 Å². The number of benzene rings is 2. The Morgan fingerprint density at radius 2 is 1.69 bits per heavy atom. The Kier molecular flexibility index (Phi) is 5.85. The Labute approximate surface area is 185 Å². The summed E-state index contributed by atoms with van der Waals surface area (Å²) in [5.41, 5.74) is 3.48. The number of nitrogens with one attached hydrogen (secondary N) is 1. The Morgan fingerprint density at radius 3 is 2.34 bits per heavy atom. The van der Waals surface area contributed by atoms with Crippen LogP contribution < -0.4 is 5.32 Å². The third kappa shape index (κ3) is 3.90. The lowest BCUT2D eigenvalue weighted by atomic mass is 10.1. The minimum atomic E-state index is -0.545. The van der Waals surface area contributed by atoms with Crippen molar-refractivity contribution in [1.29, 1.82) is 0 Å². The molecular weight excluding hydrogens is 406 g/mol. The summed E-state index contributed by atoms with van der Waals surface area (Å²) in [7, 11) is 1.65. The standard InChI is InChI=1S/C24H23N5O3/c1-4-32-24(31)19-15-25-28(3)22(19)26-23(30)20-16(2)29(18-13-9-6-10-14-18)27-21(20)17-11-7-5-8-12-17/h5-15H,4H2,1-3H3,(H,26,30). The zero-order valence-corrected chi connectivity index (χ0v) is 18.1. The fourth-order valence-electron chi connectivity index (χ4n) is 3.51. The molecule has 0 aliphatic heterocycles. The van der Waals surface area contributed by atoms with Crippen LogP contribution in [-0.2, 0) is 11.8 Å². The second kappa shape index (κ2) is 8.89. The first-order chi connectivity index (χ1) is 15.5. The number of anilines is 1. The van der Waals surface area contributed by atoms with Crippen LogP contribution >= 0.6 is 0 Å². The van der Waals surface area contributed by atoms with Gasteiger partial charge in [-0.3, -0.25) is 9.48 Å². The second-order valence-electron chi connectivity index (χ2n) is 7.13. The average molecular weight is 429 g/mol. The number of esters is 1. The number of ether oxygens (including phenoxy) is 1. The number of hydrogen-bond donors (Lipinski definition) is 1. The van der Waals surface area contributed by atoms with Gasteiger partial charge in [-0.25, -0.2) is 9.48 Å². The number of amides is 1. The number of carbonyl (C=O) groups excluding carboxylic acids is 2. The first-order valence-corrected chi connectivity index (χ1v) is 10.2. The number of nitrogens with zero attached hydrogens (tertiary/aromatic N) is 4. The number of hydrogen-bond acceptors (Lipinski definition) is 5. The molecule has 0 bridgehead atoms. The van der Waals surface area contributed by atoms with Crippen LogP contribution in [0.4, 0.5) is 5.82 Å². The Hall–Kier alpha value is -4.20. The maximum Gasteiger partial charge on any atom is 0.343 e. The van der Waals surface area contributed by atoms with Crippen LogP contribution in [0.25, 0.3) is 16.9 Å². The van der Waals surface area contributed by atoms with E-state index in [4.69, 9.17) is 9.84 Å². The largest absolute Gasteiger partial charge is 0.462 e. The van der Waals surface area contributed by atoms with E-state index in [2.05, 4.69) is 10.4 Å². The molecule has 32 heavy (non-hydrogen) atoms. The molecule has 0 aliphatic rings. The van der Waals surface area contributed by atoms with E-state index in [9.17, 15) is 9.59 Å². The van der Waals surface area contributed by atoms with Gasteiger partial charge < -0.3 is 10.1 Å². The summed E-state index contributed by atoms with van der Waals surface area (Å²) in [5.74, 6) is -0.673. The van der Waals surface area contributed by atoms with Gasteiger partial charge in [0.15, 0.2) is 0 Å². The van der Waals surface area contributed by atoms with Gasteiger partial charge in [0.25, 0.3) is 5.91 Å². The molecule has 162 valence electrons. The molecule has 0 saturated carbocycles. The average Bonchev–Trinajstić information content (AvgIpc) is 3.35. The third-order valence-electron chi connectivity index (χ3n) is 5.06. The summed E-state index contributed by atoms with van der Waals surface area (Å²) in [6.45, 7) is 3.79. The summed E-state index contributed by atoms with van der Waals surface area (Å²) in [4.78, 5) is 25.8. The van der Waals surface area contributed by atoms with Crippen molar-refractivity contribution in [1.82, 2.24) is 19.6 Å². The van der Waals surface area contributed by atoms with E-state index in [0.29, 0.717) is 17.0 Å². The highest BCUT2D eigenvalue weighted by Gasteiger charge is 2.26. The molecular formula is C24H23N5O3. The SMILES string of the molecule is CCOC(=O)c1cnn(C)c1NC(=O)c1c(-c2ccccc2)nn(-c2ccccc2)c1C. The maximum absolute atomic E-state index is 13.5. The second-order valence-corrected chi connectivity index (χ2v) is 7.13. The number of rotatable bonds is 6. The molecule has 4 aromatic rings. The van der Waals surface area contributed by atoms with E-state index in [-0.39, 0.29) is 18.0 Å². The zero-order valence-electron chi connectivity index (χ0n) is 18.1. The van der Waals surface area contributed by atoms with E-state index in [0.717, 1.165) is 11.3 Å². The van der Waals surface area contributed by atoms with Crippen molar-refractivity contribution in [3.05, 3.63) is 83.7 Å². The Balaban J connectivity index is 1.80. The van der Waals surface area contributed by atoms with Gasteiger partial charge in [-0.2, -0.15) is 10.2 Å². The zero-order chi connectivity index (χ0) is 22.7. The van der Waals surface area contributed by atoms with Crippen LogP contribution in [0, 0.1) is 6.92 Å². The number of carbonyl (C=O) groups is 2. The molecule has 2 aromatic carbocycles. The van der Waals surface area contributed by atoms with E-state index < -0.39 is 11.9 Å². The minimum Gasteiger partial charge on any atom is -0.462 e. The summed E-state index contributed by atoms with van der Waals surface area (Å²) < 4.78 is 8.26. The van der Waals surface area contributed by atoms with Gasteiger partial charge in [0.05, 0.1) is 29.7 Å². The molecule has 0 radical (unpaired) electrons. The monoisotopic (exact) mass is 429 g/mol. The van der Waals surface area contributed by atoms with Crippen LogP contribution in [0.5, 0.6) is 0 Å². The molecule has 8 nitrogen and oxygen atoms in total. The van der Waals surface area contributed by atoms with E-state index >= 15 is 0 Å². The molecule has 1 N–H and O–H groups in total. The quantitative estimate of drug-likeness (QED) is 0.468. The molecule has 8 heteroatoms. The highest BCUT2D eigenvalue weighted by molar-refractivity contribution is 6.11. The minimum absolute atomic E-state index is 0.192. The highest BCUT2D eigenvalue weighted by Crippen LogP contribution is 2.28. The lowest BCUT2D eigenvalue weighted by Crippen LogP contribution is -2.19. The number of para-hydroxylation sites is 1. The van der Waals surface area contributed by atoms with Gasteiger partial charge in [0.1, 0.15) is 17.1 Å². The van der Waals surface area contributed by atoms with Gasteiger partial charge in [-0.1, -0.05) is 48.5 Å². The van der Waals surface area contributed by atoms with Crippen LogP contribution in [0.1, 0.15) is 33.3 Å². The third-order valence-corrected chi connectivity index (χ3v) is 5.06. The summed E-state index contributed by atoms with van der Waals surface area (Å²) in [6, 6.07) is 19.1. The maximum atomic E-state index is 13.5. The van der Waals surface area contributed by atoms with Gasteiger partial charge in [-0.05, 0) is 26.0 Å². The van der Waals surface area contributed by atoms with E-state index in [1.54, 1.807) is 18.7 Å². The first kappa shape index (κ1) is 21.0. The Bertz CT molecular complexity index is 1260. The molecule has 0 aliphatic carbocycles. The smallest absolute Gasteiger partial charge is 0.343 e. The molecule has 0 atom stereocenters. The van der Waals surface area contributed by atoms with Crippen LogP contribution in [0.2, 0.25) is 0 Å². The molecule has 2 heterocycles. The van der Waals surface area contributed by atoms with Crippen molar-refractivity contribution in [2.75, 3.05) is 11.9 Å². The Morgan fingerprint density at radius 1 is 1.03 bits per heavy atom. The van der Waals surface area contributed by atoms with Gasteiger partial charge in [0.2, 0.25) is 0 Å². The van der Waals surface area contributed by atoms with Crippen molar-refractivity contribution < 1.29 is 14.3 Å². The van der Waals surface area contributed by atoms with Crippen molar-refractivity contribution in [2.24, 2.45) is 7.05 Å². The first-order valence-electron chi connectivity index (χ1n) is 10.2. The molecule has 4 rings (SSSR count). The molecule has 0 spiro atoms. The van der Waals surface area contributed by atoms with Crippen molar-refractivity contribution in [3.8, 4) is 16.9 Å². The van der Waals surface area contributed by atoms with Crippen molar-refractivity contribution in [3.63, 3.8) is 0 Å². The van der Waals surface area contributed by atoms with E-state index in [1.165, 1.54) is 10.9 Å². The van der Waals surface area contributed by atoms with Gasteiger partial charge in [-0.15, -0.1) is 0 Å². The fourth-order valence-corrected chi connectivity index (χ4v) is 3.51. The summed E-state index contributed by atoms with van der Waals surface area (Å²) in [5, 5.41) is 11.7. The van der Waals surface area contributed by atoms with E-state index in [1.807, 2.05) is 67.6 Å². The number of aromatic nitrogens is 4. The van der Waals surface area contributed by atoms with Crippen LogP contribution in [0.3, 0.4) is 0 Å². The predicted octanol–water partition coefficient (Wildman–Crippen LogP) is 4.01. The molecule has 1 amide bonds. The molecule has 0 saturated heterocycles. The molecule has 0 fully saturated rings. The molecule has 0 unspecified atom stereocenters. The number of aryl methyl sites for hydroxylation is 1. The van der Waals surface area contributed by atoms with Gasteiger partial charge in [0, 0.05) is 12.6 Å². The van der Waals surface area contributed by atoms with Crippen molar-refractivity contribution >= 4 is 17.7 Å². The van der Waals surface area contributed by atoms with Crippen molar-refractivity contribution in [2.45, 2.75) is 13.8 Å². The summed E-state index contributed by atoms with van der Waals surface area (Å²) >= 11 is 0. The molecule has 2 aromatic heterocycles. The predicted molar refractivity (Wildman–Crippen MR) is 121 cm³/mol.